The molecule has 29 heavy (non-hydrogen) atoms. The molecule has 2 amide bonds. The summed E-state index contributed by atoms with van der Waals surface area (Å²) in [5.41, 5.74) is 0. The molecule has 1 aromatic rings. The zero-order chi connectivity index (χ0) is 20.9. The molecule has 1 saturated heterocycles. The van der Waals surface area contributed by atoms with Crippen molar-refractivity contribution in [3.63, 3.8) is 0 Å². The van der Waals surface area contributed by atoms with Crippen LogP contribution in [-0.2, 0) is 19.6 Å². The summed E-state index contributed by atoms with van der Waals surface area (Å²) in [6.07, 6.45) is 6.16. The third-order valence-corrected chi connectivity index (χ3v) is 7.61. The lowest BCUT2D eigenvalue weighted by molar-refractivity contribution is -0.134. The Morgan fingerprint density at radius 1 is 1.03 bits per heavy atom. The third-order valence-electron chi connectivity index (χ3n) is 5.68. The molecule has 1 aliphatic carbocycles. The molecule has 0 spiro atoms. The van der Waals surface area contributed by atoms with E-state index < -0.39 is 15.8 Å². The Morgan fingerprint density at radius 3 is 2.34 bits per heavy atom. The number of nitrogens with one attached hydrogen (secondary N) is 1. The molecule has 0 radical (unpaired) electrons. The van der Waals surface area contributed by atoms with Gasteiger partial charge in [0.05, 0.1) is 6.54 Å². The Kier molecular flexibility index (Phi) is 7.23. The van der Waals surface area contributed by atoms with Gasteiger partial charge < -0.3 is 10.2 Å². The van der Waals surface area contributed by atoms with Crippen molar-refractivity contribution in [1.82, 2.24) is 14.5 Å². The van der Waals surface area contributed by atoms with Crippen LogP contribution in [0.1, 0.15) is 38.5 Å². The Labute approximate surface area is 171 Å². The van der Waals surface area contributed by atoms with E-state index in [1.54, 1.807) is 0 Å². The quantitative estimate of drug-likeness (QED) is 0.752. The van der Waals surface area contributed by atoms with E-state index in [2.05, 4.69) is 5.32 Å². The highest BCUT2D eigenvalue weighted by atomic mass is 32.2. The third kappa shape index (κ3) is 5.54. The average molecular weight is 426 g/mol. The Balaban J connectivity index is 1.45. The molecule has 3 rings (SSSR count). The largest absolute Gasteiger partial charge is 0.347 e. The first-order valence-electron chi connectivity index (χ1n) is 10.2. The second-order valence-electron chi connectivity index (χ2n) is 7.70. The number of benzene rings is 1. The maximum Gasteiger partial charge on any atom is 0.246 e. The smallest absolute Gasteiger partial charge is 0.246 e. The van der Waals surface area contributed by atoms with Crippen molar-refractivity contribution < 1.29 is 22.4 Å². The van der Waals surface area contributed by atoms with E-state index in [1.165, 1.54) is 33.8 Å². The SMILES string of the molecule is O=C(CC1CCCCC1)NCC(=O)N1CCN(S(=O)(=O)c2ccccc2F)CC1. The highest BCUT2D eigenvalue weighted by Crippen LogP contribution is 2.26. The Hall–Kier alpha value is -2.00. The molecule has 2 fully saturated rings. The van der Waals surface area contributed by atoms with E-state index in [-0.39, 0.29) is 49.4 Å². The van der Waals surface area contributed by atoms with Gasteiger partial charge in [-0.1, -0.05) is 31.4 Å². The van der Waals surface area contributed by atoms with Gasteiger partial charge in [-0.2, -0.15) is 4.31 Å². The van der Waals surface area contributed by atoms with Crippen molar-refractivity contribution in [2.24, 2.45) is 5.92 Å². The molecule has 0 atom stereocenters. The first kappa shape index (κ1) is 21.7. The molecule has 1 N–H and O–H groups in total. The molecule has 2 aliphatic rings. The minimum absolute atomic E-state index is 0.0778. The number of piperazine rings is 1. The van der Waals surface area contributed by atoms with Crippen LogP contribution in [-0.4, -0.2) is 62.2 Å². The lowest BCUT2D eigenvalue weighted by Crippen LogP contribution is -2.52. The van der Waals surface area contributed by atoms with Crippen molar-refractivity contribution in [3.8, 4) is 0 Å². The minimum Gasteiger partial charge on any atom is -0.347 e. The lowest BCUT2D eigenvalue weighted by atomic mass is 9.87. The number of carbonyl (C=O) groups is 2. The Bertz CT molecular complexity index is 832. The molecule has 0 bridgehead atoms. The van der Waals surface area contributed by atoms with Crippen LogP contribution in [0.5, 0.6) is 0 Å². The fraction of sp³-hybridized carbons (Fsp3) is 0.600. The van der Waals surface area contributed by atoms with Gasteiger partial charge in [0.1, 0.15) is 10.7 Å². The van der Waals surface area contributed by atoms with Crippen LogP contribution >= 0.6 is 0 Å². The predicted octanol–water partition coefficient (Wildman–Crippen LogP) is 1.75. The summed E-state index contributed by atoms with van der Waals surface area (Å²) in [5, 5.41) is 2.69. The molecule has 7 nitrogen and oxygen atoms in total. The van der Waals surface area contributed by atoms with Crippen LogP contribution in [0, 0.1) is 11.7 Å². The number of amides is 2. The zero-order valence-corrected chi connectivity index (χ0v) is 17.3. The molecule has 1 aliphatic heterocycles. The van der Waals surface area contributed by atoms with E-state index in [9.17, 15) is 22.4 Å². The second-order valence-corrected chi connectivity index (χ2v) is 9.61. The highest BCUT2D eigenvalue weighted by Gasteiger charge is 2.31. The Morgan fingerprint density at radius 2 is 1.69 bits per heavy atom. The first-order valence-corrected chi connectivity index (χ1v) is 11.6. The van der Waals surface area contributed by atoms with Crippen LogP contribution < -0.4 is 5.32 Å². The minimum atomic E-state index is -3.93. The topological polar surface area (TPSA) is 86.8 Å². The molecule has 9 heteroatoms. The second kappa shape index (κ2) is 9.67. The van der Waals surface area contributed by atoms with E-state index in [0.717, 1.165) is 31.7 Å². The van der Waals surface area contributed by atoms with Crippen molar-refractivity contribution in [1.29, 1.82) is 0 Å². The molecular formula is C20H28FN3O4S. The zero-order valence-electron chi connectivity index (χ0n) is 16.5. The maximum atomic E-state index is 13.9. The van der Waals surface area contributed by atoms with Crippen LogP contribution in [0.4, 0.5) is 4.39 Å². The number of nitrogens with zero attached hydrogens (tertiary/aromatic N) is 2. The average Bonchev–Trinajstić information content (AvgIpc) is 2.73. The monoisotopic (exact) mass is 425 g/mol. The van der Waals surface area contributed by atoms with E-state index in [1.807, 2.05) is 0 Å². The summed E-state index contributed by atoms with van der Waals surface area (Å²) in [5.74, 6) is -0.714. The van der Waals surface area contributed by atoms with Crippen molar-refractivity contribution in [2.75, 3.05) is 32.7 Å². The van der Waals surface area contributed by atoms with Crippen LogP contribution in [0.25, 0.3) is 0 Å². The number of carbonyl (C=O) groups excluding carboxylic acids is 2. The number of sulfonamides is 1. The summed E-state index contributed by atoms with van der Waals surface area (Å²) < 4.78 is 40.3. The highest BCUT2D eigenvalue weighted by molar-refractivity contribution is 7.89. The maximum absolute atomic E-state index is 13.9. The van der Waals surface area contributed by atoms with Crippen molar-refractivity contribution in [2.45, 2.75) is 43.4 Å². The van der Waals surface area contributed by atoms with Gasteiger partial charge in [0.15, 0.2) is 0 Å². The van der Waals surface area contributed by atoms with Crippen LogP contribution in [0.15, 0.2) is 29.2 Å². The first-order chi connectivity index (χ1) is 13.9. The van der Waals surface area contributed by atoms with E-state index in [0.29, 0.717) is 12.3 Å². The molecule has 1 heterocycles. The van der Waals surface area contributed by atoms with E-state index >= 15 is 0 Å². The predicted molar refractivity (Wildman–Crippen MR) is 106 cm³/mol. The number of hydrogen-bond acceptors (Lipinski definition) is 4. The molecule has 1 saturated carbocycles. The van der Waals surface area contributed by atoms with Gasteiger partial charge in [0.25, 0.3) is 0 Å². The summed E-state index contributed by atoms with van der Waals surface area (Å²) in [6.45, 7) is 0.540. The summed E-state index contributed by atoms with van der Waals surface area (Å²) in [4.78, 5) is 25.6. The van der Waals surface area contributed by atoms with Gasteiger partial charge >= 0.3 is 0 Å². The summed E-state index contributed by atoms with van der Waals surface area (Å²) in [6, 6.07) is 5.27. The lowest BCUT2D eigenvalue weighted by Gasteiger charge is -2.34. The van der Waals surface area contributed by atoms with Crippen molar-refractivity contribution in [3.05, 3.63) is 30.1 Å². The van der Waals surface area contributed by atoms with Crippen molar-refractivity contribution >= 4 is 21.8 Å². The summed E-state index contributed by atoms with van der Waals surface area (Å²) >= 11 is 0. The van der Waals surface area contributed by atoms with Gasteiger partial charge in [-0.25, -0.2) is 12.8 Å². The molecule has 1 aromatic carbocycles. The summed E-state index contributed by atoms with van der Waals surface area (Å²) in [7, 11) is -3.93. The number of halogens is 1. The van der Waals surface area contributed by atoms with Gasteiger partial charge in [-0.15, -0.1) is 0 Å². The van der Waals surface area contributed by atoms with E-state index in [4.69, 9.17) is 0 Å². The van der Waals surface area contributed by atoms with Crippen LogP contribution in [0.3, 0.4) is 0 Å². The fourth-order valence-corrected chi connectivity index (χ4v) is 5.47. The van der Waals surface area contributed by atoms with Crippen LogP contribution in [0.2, 0.25) is 0 Å². The van der Waals surface area contributed by atoms with Gasteiger partial charge in [0, 0.05) is 32.6 Å². The molecule has 0 unspecified atom stereocenters. The normalized spacial score (nSPS) is 19.1. The van der Waals surface area contributed by atoms with Gasteiger partial charge in [-0.3, -0.25) is 9.59 Å². The number of hydrogen-bond donors (Lipinski definition) is 1. The number of rotatable bonds is 6. The van der Waals surface area contributed by atoms with Gasteiger partial charge in [-0.05, 0) is 30.9 Å². The molecular weight excluding hydrogens is 397 g/mol. The molecule has 0 aromatic heterocycles. The molecule has 160 valence electrons. The van der Waals surface area contributed by atoms with Gasteiger partial charge in [0.2, 0.25) is 21.8 Å². The standard InChI is InChI=1S/C20H28FN3O4S/c21-17-8-4-5-9-18(17)29(27,28)24-12-10-23(11-13-24)20(26)15-22-19(25)14-16-6-2-1-3-7-16/h4-5,8-9,16H,1-3,6-7,10-15H2,(H,22,25). The fourth-order valence-electron chi connectivity index (χ4n) is 3.98.